The Labute approximate surface area is 406 Å². The smallest absolute Gasteiger partial charge is 0.410 e. The fourth-order valence-electron chi connectivity index (χ4n) is 7.51. The van der Waals surface area contributed by atoms with E-state index in [-0.39, 0.29) is 89.5 Å². The summed E-state index contributed by atoms with van der Waals surface area (Å²) in [5, 5.41) is 10.00. The molecule has 1 unspecified atom stereocenters. The van der Waals surface area contributed by atoms with Crippen LogP contribution in [0.15, 0.2) is 36.7 Å². The number of carbonyl (C=O) groups is 6. The Morgan fingerprint density at radius 2 is 0.985 bits per heavy atom. The molecule has 16 nitrogen and oxygen atoms in total. The van der Waals surface area contributed by atoms with E-state index in [0.717, 1.165) is 95.6 Å². The highest BCUT2D eigenvalue weighted by Gasteiger charge is 2.30. The molecule has 3 atom stereocenters. The number of aromatic nitrogens is 1. The van der Waals surface area contributed by atoms with Gasteiger partial charge in [-0.3, -0.25) is 29.0 Å². The van der Waals surface area contributed by atoms with Crippen molar-refractivity contribution in [1.82, 2.24) is 9.88 Å². The second kappa shape index (κ2) is 38.2. The summed E-state index contributed by atoms with van der Waals surface area (Å²) < 4.78 is 33.8. The third kappa shape index (κ3) is 29.2. The quantitative estimate of drug-likeness (QED) is 0.0285. The molecule has 0 aliphatic carbocycles. The van der Waals surface area contributed by atoms with Gasteiger partial charge in [-0.1, -0.05) is 117 Å². The minimum absolute atomic E-state index is 0.0169. The Kier molecular flexibility index (Phi) is 33.3. The topological polar surface area (TPSA) is 197 Å². The second-order valence-corrected chi connectivity index (χ2v) is 18.0. The fourth-order valence-corrected chi connectivity index (χ4v) is 7.51. The summed E-state index contributed by atoms with van der Waals surface area (Å²) in [6, 6.07) is 3.65. The average Bonchev–Trinajstić information content (AvgIpc) is 3.53. The van der Waals surface area contributed by atoms with Crippen molar-refractivity contribution in [3.63, 3.8) is 0 Å². The minimum Gasteiger partial charge on any atom is -0.465 e. The van der Waals surface area contributed by atoms with Crippen LogP contribution >= 0.6 is 0 Å². The van der Waals surface area contributed by atoms with E-state index in [4.69, 9.17) is 28.4 Å². The number of ether oxygens (including phenoxy) is 6. The van der Waals surface area contributed by atoms with Gasteiger partial charge in [0, 0.05) is 62.8 Å². The molecule has 1 aromatic rings. The number of aliphatic hydroxyl groups excluding tert-OH is 1. The molecular weight excluding hydrogens is 875 g/mol. The average molecular weight is 960 g/mol. The first-order chi connectivity index (χ1) is 33.0. The monoisotopic (exact) mass is 960 g/mol. The van der Waals surface area contributed by atoms with Crippen LogP contribution in [0.3, 0.4) is 0 Å². The summed E-state index contributed by atoms with van der Waals surface area (Å²) in [6.07, 6.45) is 22.2. The highest BCUT2D eigenvalue weighted by Crippen LogP contribution is 2.18. The van der Waals surface area contributed by atoms with Crippen LogP contribution in [0.4, 0.5) is 10.5 Å². The normalized spacial score (nSPS) is 15.0. The SMILES string of the molecule is CCCCCCCCC(=O)OCC(CO)CC(=O)O[C@H]1C=C[C@H](OC(=O)CC(COC(=O)CCCCCCCC)COC(=O)CCCCCCCC)CN(C(=O)OCCN(C)c2ccncc2)C1. The van der Waals surface area contributed by atoms with Crippen LogP contribution in [0, 0.1) is 11.8 Å². The van der Waals surface area contributed by atoms with Crippen molar-refractivity contribution in [1.29, 1.82) is 0 Å². The highest BCUT2D eigenvalue weighted by molar-refractivity contribution is 5.73. The van der Waals surface area contributed by atoms with Crippen molar-refractivity contribution < 1.29 is 62.3 Å². The summed E-state index contributed by atoms with van der Waals surface area (Å²) in [6.45, 7) is 5.70. The van der Waals surface area contributed by atoms with Gasteiger partial charge in [-0.15, -0.1) is 0 Å². The number of unbranched alkanes of at least 4 members (excludes halogenated alkanes) is 15. The Bertz CT molecular complexity index is 1550. The Morgan fingerprint density at radius 3 is 1.41 bits per heavy atom. The number of esters is 5. The lowest BCUT2D eigenvalue weighted by atomic mass is 10.1. The van der Waals surface area contributed by atoms with Gasteiger partial charge in [0.15, 0.2) is 0 Å². The molecule has 386 valence electrons. The van der Waals surface area contributed by atoms with Crippen LogP contribution in [0.25, 0.3) is 0 Å². The zero-order valence-electron chi connectivity index (χ0n) is 41.9. The number of rotatable bonds is 38. The third-order valence-corrected chi connectivity index (χ3v) is 11.7. The van der Waals surface area contributed by atoms with Gasteiger partial charge >= 0.3 is 35.9 Å². The predicted molar refractivity (Wildman–Crippen MR) is 259 cm³/mol. The summed E-state index contributed by atoms with van der Waals surface area (Å²) in [4.78, 5) is 85.3. The number of anilines is 1. The Morgan fingerprint density at radius 1 is 0.588 bits per heavy atom. The van der Waals surface area contributed by atoms with Crippen LogP contribution in [-0.4, -0.2) is 123 Å². The first kappa shape index (κ1) is 59.4. The molecule has 0 fully saturated rings. The molecule has 1 aliphatic heterocycles. The van der Waals surface area contributed by atoms with Crippen molar-refractivity contribution in [3.05, 3.63) is 36.7 Å². The summed E-state index contributed by atoms with van der Waals surface area (Å²) in [7, 11) is 1.85. The molecule has 2 heterocycles. The number of pyridine rings is 1. The van der Waals surface area contributed by atoms with Crippen molar-refractivity contribution in [2.45, 2.75) is 181 Å². The number of hydrogen-bond donors (Lipinski definition) is 1. The number of hydrogen-bond acceptors (Lipinski definition) is 15. The maximum Gasteiger partial charge on any atom is 0.410 e. The molecule has 0 aromatic carbocycles. The molecule has 0 saturated heterocycles. The molecule has 0 saturated carbocycles. The highest BCUT2D eigenvalue weighted by atomic mass is 16.6. The van der Waals surface area contributed by atoms with Gasteiger partial charge in [0.25, 0.3) is 0 Å². The molecule has 1 aromatic heterocycles. The van der Waals surface area contributed by atoms with E-state index in [1.54, 1.807) is 12.4 Å². The first-order valence-corrected chi connectivity index (χ1v) is 25.7. The van der Waals surface area contributed by atoms with Gasteiger partial charge in [-0.2, -0.15) is 0 Å². The van der Waals surface area contributed by atoms with E-state index in [1.807, 2.05) is 24.1 Å². The van der Waals surface area contributed by atoms with Gasteiger partial charge in [-0.05, 0) is 43.5 Å². The minimum atomic E-state index is -0.986. The van der Waals surface area contributed by atoms with E-state index >= 15 is 0 Å². The predicted octanol–water partition coefficient (Wildman–Crippen LogP) is 9.24. The Balaban J connectivity index is 2.11. The zero-order valence-corrected chi connectivity index (χ0v) is 41.9. The summed E-state index contributed by atoms with van der Waals surface area (Å²) in [5.41, 5.74) is 0.876. The van der Waals surface area contributed by atoms with Crippen LogP contribution in [0.1, 0.15) is 168 Å². The van der Waals surface area contributed by atoms with Gasteiger partial charge in [0.05, 0.1) is 52.3 Å². The Hall–Kier alpha value is -4.73. The largest absolute Gasteiger partial charge is 0.465 e. The van der Waals surface area contributed by atoms with Crippen molar-refractivity contribution in [2.75, 3.05) is 64.6 Å². The molecule has 1 N–H and O–H groups in total. The molecule has 0 bridgehead atoms. The number of amides is 1. The van der Waals surface area contributed by atoms with Crippen molar-refractivity contribution >= 4 is 41.6 Å². The molecule has 68 heavy (non-hydrogen) atoms. The first-order valence-electron chi connectivity index (χ1n) is 25.7. The van der Waals surface area contributed by atoms with E-state index < -0.39 is 48.7 Å². The van der Waals surface area contributed by atoms with Gasteiger partial charge < -0.3 is 43.3 Å². The lowest BCUT2D eigenvalue weighted by Crippen LogP contribution is -2.42. The van der Waals surface area contributed by atoms with Gasteiger partial charge in [0.1, 0.15) is 18.8 Å². The van der Waals surface area contributed by atoms with E-state index in [9.17, 15) is 33.9 Å². The number of aliphatic hydroxyl groups is 1. The lowest BCUT2D eigenvalue weighted by molar-refractivity contribution is -0.156. The zero-order chi connectivity index (χ0) is 49.6. The second-order valence-electron chi connectivity index (χ2n) is 18.0. The van der Waals surface area contributed by atoms with Gasteiger partial charge in [0.2, 0.25) is 0 Å². The summed E-state index contributed by atoms with van der Waals surface area (Å²) >= 11 is 0. The molecular formula is C52H85N3O13. The van der Waals surface area contributed by atoms with Crippen LogP contribution in [0.2, 0.25) is 0 Å². The molecule has 1 amide bonds. The standard InChI is InChI=1S/C52H85N3O13/c1-5-8-11-14-17-20-23-47(57)64-39-42(38-56)34-50(60)67-45-26-27-46(37-55(36-45)52(62)63-33-32-54(4)44-28-30-53-31-29-44)68-51(61)35-43(40-65-48(58)24-21-18-15-12-9-6-2)41-66-49(59)25-22-19-16-13-10-7-3/h26-31,42-43,45-46,56H,5-25,32-41H2,1-4H3/t42?,45-,46-/m0/s1. The van der Waals surface area contributed by atoms with E-state index in [2.05, 4.69) is 25.8 Å². The van der Waals surface area contributed by atoms with Crippen molar-refractivity contribution in [2.24, 2.45) is 11.8 Å². The maximum absolute atomic E-state index is 13.6. The number of likely N-dealkylation sites (N-methyl/N-ethyl adjacent to an activating group) is 1. The molecule has 0 radical (unpaired) electrons. The summed E-state index contributed by atoms with van der Waals surface area (Å²) in [5.74, 6) is -3.91. The van der Waals surface area contributed by atoms with E-state index in [1.165, 1.54) is 23.5 Å². The third-order valence-electron chi connectivity index (χ3n) is 11.7. The fraction of sp³-hybridized carbons (Fsp3) is 0.750. The van der Waals surface area contributed by atoms with E-state index in [0.29, 0.717) is 25.8 Å². The maximum atomic E-state index is 13.6. The molecule has 16 heteroatoms. The van der Waals surface area contributed by atoms with Crippen LogP contribution in [0.5, 0.6) is 0 Å². The molecule has 1 aliphatic rings. The molecule has 2 rings (SSSR count). The van der Waals surface area contributed by atoms with Crippen LogP contribution in [-0.2, 0) is 52.4 Å². The lowest BCUT2D eigenvalue weighted by Gasteiger charge is -2.27. The van der Waals surface area contributed by atoms with Crippen molar-refractivity contribution in [3.8, 4) is 0 Å². The van der Waals surface area contributed by atoms with Crippen LogP contribution < -0.4 is 4.90 Å². The number of carbonyl (C=O) groups excluding carboxylic acids is 6. The number of nitrogens with zero attached hydrogens (tertiary/aromatic N) is 3. The molecule has 0 spiro atoms. The van der Waals surface area contributed by atoms with Gasteiger partial charge in [-0.25, -0.2) is 4.79 Å².